The summed E-state index contributed by atoms with van der Waals surface area (Å²) in [6.45, 7) is 6.91. The van der Waals surface area contributed by atoms with Gasteiger partial charge >= 0.3 is 5.97 Å². The van der Waals surface area contributed by atoms with E-state index < -0.39 is 12.1 Å². The number of β-amino-alcohol motifs (C(OH)–C–C–N with tert-alkyl or cyclic N) is 1. The van der Waals surface area contributed by atoms with Gasteiger partial charge in [-0.15, -0.1) is 0 Å². The number of carboxylic acids is 1. The van der Waals surface area contributed by atoms with Crippen molar-refractivity contribution in [2.24, 2.45) is 0 Å². The van der Waals surface area contributed by atoms with Crippen LogP contribution in [0.4, 0.5) is 0 Å². The first kappa shape index (κ1) is 16.4. The summed E-state index contributed by atoms with van der Waals surface area (Å²) in [4.78, 5) is 14.5. The minimum absolute atomic E-state index is 0.0357. The van der Waals surface area contributed by atoms with Crippen LogP contribution < -0.4 is 0 Å². The van der Waals surface area contributed by atoms with Crippen LogP contribution >= 0.6 is 0 Å². The number of nitrogens with zero attached hydrogens (tertiary/aromatic N) is 2. The van der Waals surface area contributed by atoms with Gasteiger partial charge in [0.2, 0.25) is 0 Å². The monoisotopic (exact) mass is 274 g/mol. The highest BCUT2D eigenvalue weighted by Crippen LogP contribution is 2.15. The van der Waals surface area contributed by atoms with E-state index in [0.29, 0.717) is 13.1 Å². The van der Waals surface area contributed by atoms with Crippen LogP contribution in [0.15, 0.2) is 0 Å². The molecule has 19 heavy (non-hydrogen) atoms. The van der Waals surface area contributed by atoms with Gasteiger partial charge in [-0.1, -0.05) is 0 Å². The molecule has 0 aliphatic carbocycles. The van der Waals surface area contributed by atoms with Gasteiger partial charge < -0.3 is 14.9 Å². The number of likely N-dealkylation sites (tertiary alicyclic amines) is 1. The van der Waals surface area contributed by atoms with Crippen LogP contribution in [0.1, 0.15) is 20.3 Å². The van der Waals surface area contributed by atoms with E-state index in [-0.39, 0.29) is 18.7 Å². The fourth-order valence-corrected chi connectivity index (χ4v) is 2.40. The fourth-order valence-electron chi connectivity index (χ4n) is 2.40. The van der Waals surface area contributed by atoms with E-state index in [9.17, 15) is 9.90 Å². The normalized spacial score (nSPS) is 24.5. The second-order valence-electron chi connectivity index (χ2n) is 5.48. The van der Waals surface area contributed by atoms with E-state index in [1.54, 1.807) is 11.9 Å². The summed E-state index contributed by atoms with van der Waals surface area (Å²) in [5.41, 5.74) is 0. The van der Waals surface area contributed by atoms with Crippen LogP contribution in [-0.2, 0) is 9.53 Å². The predicted octanol–water partition coefficient (Wildman–Crippen LogP) is -0.137. The Labute approximate surface area is 114 Å². The number of carbonyl (C=O) groups is 1. The van der Waals surface area contributed by atoms with Crippen molar-refractivity contribution in [3.05, 3.63) is 0 Å². The molecule has 1 heterocycles. The Balaban J connectivity index is 2.27. The maximum atomic E-state index is 10.7. The molecule has 0 bridgehead atoms. The molecule has 112 valence electrons. The van der Waals surface area contributed by atoms with Crippen LogP contribution in [0.2, 0.25) is 0 Å². The zero-order chi connectivity index (χ0) is 14.4. The molecule has 0 aromatic rings. The van der Waals surface area contributed by atoms with Crippen LogP contribution in [0, 0.1) is 0 Å². The molecule has 2 atom stereocenters. The van der Waals surface area contributed by atoms with E-state index in [2.05, 4.69) is 4.90 Å². The number of hydrogen-bond acceptors (Lipinski definition) is 5. The van der Waals surface area contributed by atoms with Gasteiger partial charge in [0.1, 0.15) is 0 Å². The summed E-state index contributed by atoms with van der Waals surface area (Å²) >= 11 is 0. The average Bonchev–Trinajstić information content (AvgIpc) is 2.65. The maximum absolute atomic E-state index is 10.7. The van der Waals surface area contributed by atoms with E-state index in [0.717, 1.165) is 19.6 Å². The molecule has 0 aromatic carbocycles. The van der Waals surface area contributed by atoms with Gasteiger partial charge in [-0.2, -0.15) is 0 Å². The minimum Gasteiger partial charge on any atom is -0.480 e. The highest BCUT2D eigenvalue weighted by molar-refractivity contribution is 5.69. The lowest BCUT2D eigenvalue weighted by Gasteiger charge is -2.24. The second kappa shape index (κ2) is 7.79. The van der Waals surface area contributed by atoms with Crippen LogP contribution in [0.25, 0.3) is 0 Å². The van der Waals surface area contributed by atoms with E-state index >= 15 is 0 Å². The highest BCUT2D eigenvalue weighted by atomic mass is 16.5. The average molecular weight is 274 g/mol. The first-order chi connectivity index (χ1) is 8.90. The summed E-state index contributed by atoms with van der Waals surface area (Å²) in [5, 5.41) is 18.7. The minimum atomic E-state index is -0.863. The van der Waals surface area contributed by atoms with Crippen molar-refractivity contribution in [2.45, 2.75) is 38.5 Å². The number of ether oxygens (including phenoxy) is 1. The predicted molar refractivity (Wildman–Crippen MR) is 72.2 cm³/mol. The van der Waals surface area contributed by atoms with E-state index in [4.69, 9.17) is 9.84 Å². The SMILES string of the molecule is CC(C)OCCCN1C[C@@H](O)[C@@H](N(C)CC(=O)O)C1. The third-order valence-corrected chi connectivity index (χ3v) is 3.36. The molecule has 0 spiro atoms. The summed E-state index contributed by atoms with van der Waals surface area (Å²) in [6.07, 6.45) is 0.703. The Kier molecular flexibility index (Phi) is 6.71. The number of likely N-dealkylation sites (N-methyl/N-ethyl adjacent to an activating group) is 1. The molecular weight excluding hydrogens is 248 g/mol. The van der Waals surface area contributed by atoms with Crippen molar-refractivity contribution in [1.82, 2.24) is 9.80 Å². The number of rotatable bonds is 8. The molecular formula is C13H26N2O4. The Morgan fingerprint density at radius 1 is 1.47 bits per heavy atom. The quantitative estimate of drug-likeness (QED) is 0.600. The first-order valence-corrected chi connectivity index (χ1v) is 6.84. The Hall–Kier alpha value is -0.690. The van der Waals surface area contributed by atoms with Crippen molar-refractivity contribution in [3.8, 4) is 0 Å². The van der Waals surface area contributed by atoms with E-state index in [1.807, 2.05) is 13.8 Å². The molecule has 0 saturated carbocycles. The lowest BCUT2D eigenvalue weighted by Crippen LogP contribution is -2.43. The van der Waals surface area contributed by atoms with E-state index in [1.165, 1.54) is 0 Å². The van der Waals surface area contributed by atoms with Crippen molar-refractivity contribution < 1.29 is 19.7 Å². The van der Waals surface area contributed by atoms with Gasteiger partial charge in [0.05, 0.1) is 18.8 Å². The zero-order valence-corrected chi connectivity index (χ0v) is 12.1. The van der Waals surface area contributed by atoms with Gasteiger partial charge in [0, 0.05) is 32.3 Å². The van der Waals surface area contributed by atoms with Gasteiger partial charge in [-0.05, 0) is 27.3 Å². The zero-order valence-electron chi connectivity index (χ0n) is 12.1. The fraction of sp³-hybridized carbons (Fsp3) is 0.923. The topological polar surface area (TPSA) is 73.2 Å². The van der Waals surface area contributed by atoms with Crippen LogP contribution in [0.3, 0.4) is 0 Å². The summed E-state index contributed by atoms with van der Waals surface area (Å²) in [5.74, 6) is -0.863. The largest absolute Gasteiger partial charge is 0.480 e. The first-order valence-electron chi connectivity index (χ1n) is 6.84. The maximum Gasteiger partial charge on any atom is 0.317 e. The molecule has 0 amide bonds. The third-order valence-electron chi connectivity index (χ3n) is 3.36. The molecule has 0 aromatic heterocycles. The number of aliphatic carboxylic acids is 1. The number of carboxylic acid groups (broad SMARTS) is 1. The van der Waals surface area contributed by atoms with Crippen LogP contribution in [0.5, 0.6) is 0 Å². The summed E-state index contributed by atoms with van der Waals surface area (Å²) in [7, 11) is 1.74. The number of aliphatic hydroxyl groups excluding tert-OH is 1. The van der Waals surface area contributed by atoms with Gasteiger partial charge in [-0.25, -0.2) is 0 Å². The molecule has 1 fully saturated rings. The molecule has 6 nitrogen and oxygen atoms in total. The van der Waals surface area contributed by atoms with Gasteiger partial charge in [0.15, 0.2) is 0 Å². The molecule has 1 aliphatic rings. The summed E-state index contributed by atoms with van der Waals surface area (Å²) in [6, 6.07) is -0.0953. The van der Waals surface area contributed by atoms with Gasteiger partial charge in [-0.3, -0.25) is 14.6 Å². The smallest absolute Gasteiger partial charge is 0.317 e. The molecule has 1 rings (SSSR count). The number of aliphatic hydroxyl groups is 1. The lowest BCUT2D eigenvalue weighted by atomic mass is 10.2. The molecule has 0 radical (unpaired) electrons. The highest BCUT2D eigenvalue weighted by Gasteiger charge is 2.34. The molecule has 2 N–H and O–H groups in total. The van der Waals surface area contributed by atoms with Gasteiger partial charge in [0.25, 0.3) is 0 Å². The van der Waals surface area contributed by atoms with Crippen molar-refractivity contribution in [2.75, 3.05) is 39.8 Å². The van der Waals surface area contributed by atoms with Crippen LogP contribution in [-0.4, -0.2) is 84.1 Å². The molecule has 1 aliphatic heterocycles. The molecule has 1 saturated heterocycles. The third kappa shape index (κ3) is 5.86. The summed E-state index contributed by atoms with van der Waals surface area (Å²) < 4.78 is 5.48. The Bertz CT molecular complexity index is 286. The Morgan fingerprint density at radius 3 is 2.74 bits per heavy atom. The van der Waals surface area contributed by atoms with Crippen molar-refractivity contribution in [3.63, 3.8) is 0 Å². The van der Waals surface area contributed by atoms with Crippen molar-refractivity contribution in [1.29, 1.82) is 0 Å². The number of hydrogen-bond donors (Lipinski definition) is 2. The second-order valence-corrected chi connectivity index (χ2v) is 5.48. The van der Waals surface area contributed by atoms with Crippen molar-refractivity contribution >= 4 is 5.97 Å². The molecule has 0 unspecified atom stereocenters. The lowest BCUT2D eigenvalue weighted by molar-refractivity contribution is -0.138. The molecule has 6 heteroatoms. The Morgan fingerprint density at radius 2 is 2.16 bits per heavy atom. The standard InChI is InChI=1S/C13H26N2O4/c1-10(2)19-6-4-5-15-7-11(12(16)8-15)14(3)9-13(17)18/h10-12,16H,4-9H2,1-3H3,(H,17,18)/t11-,12+/m0/s1.